The number of piperidine rings is 1. The quantitative estimate of drug-likeness (QED) is 0.295. The molecule has 0 unspecified atom stereocenters. The number of hydroxylamine groups is 1. The monoisotopic (exact) mass is 508 g/mol. The first kappa shape index (κ1) is 26.9. The van der Waals surface area contributed by atoms with Crippen molar-refractivity contribution in [1.82, 2.24) is 25.3 Å². The SMILES string of the molecule is Cn1cc(CNCC2CCN(c3ncc(C(=O)NO)cn3)CC2)c2ccccc21.O=C(O)C(F)(F)F. The van der Waals surface area contributed by atoms with Crippen LogP contribution in [0.1, 0.15) is 28.8 Å². The number of rotatable bonds is 6. The highest BCUT2D eigenvalue weighted by Gasteiger charge is 2.38. The van der Waals surface area contributed by atoms with Crippen molar-refractivity contribution in [1.29, 1.82) is 0 Å². The zero-order valence-electron chi connectivity index (χ0n) is 19.5. The van der Waals surface area contributed by atoms with Gasteiger partial charge in [0.05, 0.1) is 5.56 Å². The summed E-state index contributed by atoms with van der Waals surface area (Å²) in [5.41, 5.74) is 4.43. The van der Waals surface area contributed by atoms with Crippen LogP contribution in [0.15, 0.2) is 42.9 Å². The number of hydrogen-bond donors (Lipinski definition) is 4. The fraction of sp³-hybridized carbons (Fsp3) is 0.391. The molecule has 0 radical (unpaired) electrons. The summed E-state index contributed by atoms with van der Waals surface area (Å²) in [5, 5.41) is 20.7. The third-order valence-electron chi connectivity index (χ3n) is 5.87. The topological polar surface area (TPSA) is 133 Å². The Kier molecular flexibility index (Phi) is 8.83. The number of hydrogen-bond acceptors (Lipinski definition) is 7. The van der Waals surface area contributed by atoms with Crippen LogP contribution in [0.4, 0.5) is 19.1 Å². The summed E-state index contributed by atoms with van der Waals surface area (Å²) < 4.78 is 33.9. The number of carbonyl (C=O) groups excluding carboxylic acids is 1. The largest absolute Gasteiger partial charge is 0.490 e. The van der Waals surface area contributed by atoms with E-state index in [1.165, 1.54) is 28.9 Å². The van der Waals surface area contributed by atoms with Crippen molar-refractivity contribution in [2.45, 2.75) is 25.6 Å². The molecule has 194 valence electrons. The minimum absolute atomic E-state index is 0.240. The van der Waals surface area contributed by atoms with E-state index in [1.54, 1.807) is 5.48 Å². The average Bonchev–Trinajstić information content (AvgIpc) is 3.19. The van der Waals surface area contributed by atoms with Gasteiger partial charge in [0.1, 0.15) is 0 Å². The maximum Gasteiger partial charge on any atom is 0.490 e. The number of aromatic nitrogens is 3. The first-order valence-electron chi connectivity index (χ1n) is 11.1. The lowest BCUT2D eigenvalue weighted by Gasteiger charge is -2.32. The number of aliphatic carboxylic acids is 1. The number of para-hydroxylation sites is 1. The Morgan fingerprint density at radius 3 is 2.33 bits per heavy atom. The highest BCUT2D eigenvalue weighted by Crippen LogP contribution is 2.22. The summed E-state index contributed by atoms with van der Waals surface area (Å²) in [4.78, 5) is 30.9. The molecule has 1 aliphatic rings. The second kappa shape index (κ2) is 11.8. The molecule has 2 aromatic heterocycles. The van der Waals surface area contributed by atoms with E-state index < -0.39 is 18.1 Å². The number of nitrogens with one attached hydrogen (secondary N) is 2. The number of carboxylic acids is 1. The molecule has 0 atom stereocenters. The molecule has 3 aromatic rings. The molecule has 3 heterocycles. The number of carboxylic acid groups (broad SMARTS) is 1. The molecule has 1 saturated heterocycles. The molecule has 0 aliphatic carbocycles. The first-order chi connectivity index (χ1) is 17.1. The number of alkyl halides is 3. The lowest BCUT2D eigenvalue weighted by atomic mass is 9.97. The molecule has 4 rings (SSSR count). The van der Waals surface area contributed by atoms with Crippen molar-refractivity contribution in [2.24, 2.45) is 13.0 Å². The Morgan fingerprint density at radius 1 is 1.14 bits per heavy atom. The van der Waals surface area contributed by atoms with Crippen LogP contribution in [-0.2, 0) is 18.4 Å². The van der Waals surface area contributed by atoms with E-state index in [0.717, 1.165) is 39.0 Å². The Balaban J connectivity index is 0.000000454. The Morgan fingerprint density at radius 2 is 1.75 bits per heavy atom. The van der Waals surface area contributed by atoms with E-state index in [9.17, 15) is 18.0 Å². The van der Waals surface area contributed by atoms with E-state index in [2.05, 4.69) is 62.3 Å². The third-order valence-corrected chi connectivity index (χ3v) is 5.87. The molecule has 10 nitrogen and oxygen atoms in total. The molecule has 36 heavy (non-hydrogen) atoms. The molecule has 1 aliphatic heterocycles. The van der Waals surface area contributed by atoms with Gasteiger partial charge in [-0.1, -0.05) is 18.2 Å². The summed E-state index contributed by atoms with van der Waals surface area (Å²) in [6, 6.07) is 8.50. The highest BCUT2D eigenvalue weighted by atomic mass is 19.4. The fourth-order valence-electron chi connectivity index (χ4n) is 3.98. The van der Waals surface area contributed by atoms with Gasteiger partial charge in [-0.05, 0) is 36.9 Å². The number of carbonyl (C=O) groups is 2. The summed E-state index contributed by atoms with van der Waals surface area (Å²) >= 11 is 0. The van der Waals surface area contributed by atoms with Crippen molar-refractivity contribution in [3.05, 3.63) is 54.0 Å². The standard InChI is InChI=1S/C21H26N6O2.C2HF3O2/c1-26-14-17(18-4-2-3-5-19(18)26)11-22-10-15-6-8-27(9-7-15)21-23-12-16(13-24-21)20(28)25-29;3-2(4,5)1(6)7/h2-5,12-15,22,29H,6-11H2,1H3,(H,25,28);(H,6,7). The average molecular weight is 509 g/mol. The van der Waals surface area contributed by atoms with Gasteiger partial charge in [-0.15, -0.1) is 0 Å². The van der Waals surface area contributed by atoms with Gasteiger partial charge in [0, 0.05) is 56.2 Å². The predicted octanol–water partition coefficient (Wildman–Crippen LogP) is 2.73. The third kappa shape index (κ3) is 6.92. The van der Waals surface area contributed by atoms with E-state index in [4.69, 9.17) is 15.1 Å². The van der Waals surface area contributed by atoms with Gasteiger partial charge in [0.2, 0.25) is 5.95 Å². The van der Waals surface area contributed by atoms with Gasteiger partial charge in [-0.3, -0.25) is 10.0 Å². The Hall–Kier alpha value is -3.71. The lowest BCUT2D eigenvalue weighted by Crippen LogP contribution is -2.38. The van der Waals surface area contributed by atoms with Crippen molar-refractivity contribution in [2.75, 3.05) is 24.5 Å². The van der Waals surface area contributed by atoms with Gasteiger partial charge >= 0.3 is 12.1 Å². The minimum Gasteiger partial charge on any atom is -0.475 e. The van der Waals surface area contributed by atoms with Crippen molar-refractivity contribution >= 4 is 28.7 Å². The highest BCUT2D eigenvalue weighted by molar-refractivity contribution is 5.92. The van der Waals surface area contributed by atoms with Gasteiger partial charge in [0.15, 0.2) is 0 Å². The normalized spacial score (nSPS) is 14.3. The second-order valence-electron chi connectivity index (χ2n) is 8.36. The van der Waals surface area contributed by atoms with Crippen LogP contribution in [0, 0.1) is 5.92 Å². The summed E-state index contributed by atoms with van der Waals surface area (Å²) in [6.45, 7) is 3.66. The maximum absolute atomic E-state index is 11.4. The molecular weight excluding hydrogens is 481 g/mol. The number of nitrogens with zero attached hydrogens (tertiary/aromatic N) is 4. The van der Waals surface area contributed by atoms with Gasteiger partial charge < -0.3 is 19.9 Å². The molecule has 13 heteroatoms. The summed E-state index contributed by atoms with van der Waals surface area (Å²) in [5.74, 6) is -2.11. The number of aryl methyl sites for hydroxylation is 1. The van der Waals surface area contributed by atoms with E-state index in [0.29, 0.717) is 11.9 Å². The molecule has 0 bridgehead atoms. The number of benzene rings is 1. The lowest BCUT2D eigenvalue weighted by molar-refractivity contribution is -0.192. The van der Waals surface area contributed by atoms with Gasteiger partial charge in [0.25, 0.3) is 5.91 Å². The zero-order valence-corrected chi connectivity index (χ0v) is 19.5. The summed E-state index contributed by atoms with van der Waals surface area (Å²) in [7, 11) is 2.09. The van der Waals surface area contributed by atoms with Crippen LogP contribution < -0.4 is 15.7 Å². The van der Waals surface area contributed by atoms with E-state index in [1.807, 2.05) is 0 Å². The van der Waals surface area contributed by atoms with Crippen molar-refractivity contribution in [3.63, 3.8) is 0 Å². The molecule has 1 fully saturated rings. The minimum atomic E-state index is -5.08. The first-order valence-corrected chi connectivity index (χ1v) is 11.1. The van der Waals surface area contributed by atoms with Crippen LogP contribution in [0.3, 0.4) is 0 Å². The molecular formula is C23H27F3N6O4. The maximum atomic E-state index is 11.4. The number of fused-ring (bicyclic) bond motifs is 1. The van der Waals surface area contributed by atoms with Crippen molar-refractivity contribution in [3.8, 4) is 0 Å². The van der Waals surface area contributed by atoms with E-state index >= 15 is 0 Å². The van der Waals surface area contributed by atoms with Crippen LogP contribution in [-0.4, -0.2) is 62.5 Å². The molecule has 4 N–H and O–H groups in total. The Bertz CT molecular complexity index is 1170. The van der Waals surface area contributed by atoms with Gasteiger partial charge in [-0.2, -0.15) is 13.2 Å². The Labute approximate surface area is 204 Å². The molecule has 1 aromatic carbocycles. The number of anilines is 1. The summed E-state index contributed by atoms with van der Waals surface area (Å²) in [6.07, 6.45) is 2.14. The smallest absolute Gasteiger partial charge is 0.475 e. The van der Waals surface area contributed by atoms with Crippen molar-refractivity contribution < 1.29 is 33.1 Å². The van der Waals surface area contributed by atoms with E-state index in [-0.39, 0.29) is 5.56 Å². The van der Waals surface area contributed by atoms with Crippen LogP contribution >= 0.6 is 0 Å². The molecule has 0 saturated carbocycles. The van der Waals surface area contributed by atoms with Gasteiger partial charge in [-0.25, -0.2) is 20.2 Å². The van der Waals surface area contributed by atoms with Crippen LogP contribution in [0.25, 0.3) is 10.9 Å². The fourth-order valence-corrected chi connectivity index (χ4v) is 3.98. The predicted molar refractivity (Wildman–Crippen MR) is 125 cm³/mol. The van der Waals surface area contributed by atoms with Crippen LogP contribution in [0.2, 0.25) is 0 Å². The number of halogens is 3. The van der Waals surface area contributed by atoms with Crippen LogP contribution in [0.5, 0.6) is 0 Å². The number of amides is 1. The molecule has 0 spiro atoms. The zero-order chi connectivity index (χ0) is 26.3. The second-order valence-corrected chi connectivity index (χ2v) is 8.36. The molecule has 1 amide bonds.